The molecule has 4 unspecified atom stereocenters. The fourth-order valence-electron chi connectivity index (χ4n) is 3.51. The van der Waals surface area contributed by atoms with Crippen molar-refractivity contribution in [2.45, 2.75) is 45.1 Å². The van der Waals surface area contributed by atoms with Gasteiger partial charge in [0, 0.05) is 19.7 Å². The fraction of sp³-hybridized carbons (Fsp3) is 1.00. The third-order valence-corrected chi connectivity index (χ3v) is 4.60. The van der Waals surface area contributed by atoms with Gasteiger partial charge in [-0.1, -0.05) is 6.92 Å². The van der Waals surface area contributed by atoms with E-state index in [1.165, 1.54) is 19.3 Å². The average Bonchev–Trinajstić information content (AvgIpc) is 2.72. The number of hydrogen-bond donors (Lipinski definition) is 2. The molecule has 1 saturated heterocycles. The Morgan fingerprint density at radius 3 is 2.82 bits per heavy atom. The number of aliphatic hydroxyl groups excluding tert-OH is 2. The van der Waals surface area contributed by atoms with E-state index in [4.69, 9.17) is 5.11 Å². The van der Waals surface area contributed by atoms with E-state index < -0.39 is 0 Å². The molecule has 1 aliphatic heterocycles. The maximum absolute atomic E-state index is 10.0. The summed E-state index contributed by atoms with van der Waals surface area (Å²) in [5, 5.41) is 19.0. The molecule has 0 aromatic carbocycles. The molecule has 1 heterocycles. The number of nitrogens with zero attached hydrogens (tertiary/aromatic N) is 1. The molecule has 0 bridgehead atoms. The standard InChI is InChI=1S/C14H27NO2/c1-11-2-3-14(17)13(8-11)10-15-6-4-12(9-15)5-7-16/h11-14,16-17H,2-10H2,1H3. The number of likely N-dealkylation sites (tertiary alicyclic amines) is 1. The van der Waals surface area contributed by atoms with Crippen LogP contribution in [0.15, 0.2) is 0 Å². The Hall–Kier alpha value is -0.120. The molecule has 0 aromatic rings. The second-order valence-electron chi connectivity index (χ2n) is 6.17. The van der Waals surface area contributed by atoms with E-state index in [0.29, 0.717) is 18.4 Å². The summed E-state index contributed by atoms with van der Waals surface area (Å²) in [6.45, 7) is 5.97. The molecule has 3 nitrogen and oxygen atoms in total. The van der Waals surface area contributed by atoms with E-state index in [1.807, 2.05) is 0 Å². The van der Waals surface area contributed by atoms with Crippen LogP contribution in [0.5, 0.6) is 0 Å². The Labute approximate surface area is 105 Å². The van der Waals surface area contributed by atoms with Gasteiger partial charge >= 0.3 is 0 Å². The lowest BCUT2D eigenvalue weighted by atomic mass is 9.80. The molecule has 0 radical (unpaired) electrons. The zero-order valence-electron chi connectivity index (χ0n) is 11.0. The average molecular weight is 241 g/mol. The Balaban J connectivity index is 1.76. The molecule has 1 saturated carbocycles. The molecule has 0 spiro atoms. The Bertz CT molecular complexity index is 234. The summed E-state index contributed by atoms with van der Waals surface area (Å²) in [5.41, 5.74) is 0. The molecule has 2 N–H and O–H groups in total. The Kier molecular flexibility index (Phi) is 4.83. The van der Waals surface area contributed by atoms with Crippen molar-refractivity contribution in [2.24, 2.45) is 17.8 Å². The van der Waals surface area contributed by atoms with Crippen LogP contribution in [0.25, 0.3) is 0 Å². The van der Waals surface area contributed by atoms with Crippen LogP contribution in [0.4, 0.5) is 0 Å². The van der Waals surface area contributed by atoms with E-state index >= 15 is 0 Å². The first kappa shape index (κ1) is 13.3. The van der Waals surface area contributed by atoms with Crippen molar-refractivity contribution >= 4 is 0 Å². The second kappa shape index (κ2) is 6.17. The molecular formula is C14H27NO2. The van der Waals surface area contributed by atoms with Gasteiger partial charge in [-0.05, 0) is 56.4 Å². The van der Waals surface area contributed by atoms with Crippen LogP contribution in [-0.2, 0) is 0 Å². The van der Waals surface area contributed by atoms with Crippen LogP contribution < -0.4 is 0 Å². The topological polar surface area (TPSA) is 43.7 Å². The predicted octanol–water partition coefficient (Wildman–Crippen LogP) is 1.49. The Morgan fingerprint density at radius 2 is 2.06 bits per heavy atom. The predicted molar refractivity (Wildman–Crippen MR) is 68.8 cm³/mol. The van der Waals surface area contributed by atoms with Gasteiger partial charge in [-0.2, -0.15) is 0 Å². The minimum atomic E-state index is -0.0805. The maximum atomic E-state index is 10.0. The van der Waals surface area contributed by atoms with Crippen molar-refractivity contribution < 1.29 is 10.2 Å². The molecule has 100 valence electrons. The molecular weight excluding hydrogens is 214 g/mol. The maximum Gasteiger partial charge on any atom is 0.0580 e. The van der Waals surface area contributed by atoms with E-state index in [-0.39, 0.29) is 6.10 Å². The van der Waals surface area contributed by atoms with Crippen LogP contribution in [-0.4, -0.2) is 47.5 Å². The summed E-state index contributed by atoms with van der Waals surface area (Å²) in [5.74, 6) is 1.93. The first-order valence-electron chi connectivity index (χ1n) is 7.20. The lowest BCUT2D eigenvalue weighted by Gasteiger charge is -2.34. The van der Waals surface area contributed by atoms with Gasteiger partial charge in [0.2, 0.25) is 0 Å². The molecule has 0 amide bonds. The molecule has 4 atom stereocenters. The van der Waals surface area contributed by atoms with Gasteiger partial charge in [0.15, 0.2) is 0 Å². The minimum absolute atomic E-state index is 0.0805. The smallest absolute Gasteiger partial charge is 0.0580 e. The first-order chi connectivity index (χ1) is 8.19. The highest BCUT2D eigenvalue weighted by molar-refractivity contribution is 4.83. The largest absolute Gasteiger partial charge is 0.396 e. The van der Waals surface area contributed by atoms with Crippen molar-refractivity contribution in [3.8, 4) is 0 Å². The van der Waals surface area contributed by atoms with Crippen molar-refractivity contribution in [1.29, 1.82) is 0 Å². The number of aliphatic hydroxyl groups is 2. The zero-order chi connectivity index (χ0) is 12.3. The quantitative estimate of drug-likeness (QED) is 0.783. The van der Waals surface area contributed by atoms with Gasteiger partial charge in [0.25, 0.3) is 0 Å². The lowest BCUT2D eigenvalue weighted by Crippen LogP contribution is -2.37. The lowest BCUT2D eigenvalue weighted by molar-refractivity contribution is 0.0338. The Morgan fingerprint density at radius 1 is 1.24 bits per heavy atom. The highest BCUT2D eigenvalue weighted by Crippen LogP contribution is 2.31. The van der Waals surface area contributed by atoms with Crippen LogP contribution in [0.1, 0.15) is 39.0 Å². The van der Waals surface area contributed by atoms with Crippen LogP contribution in [0.3, 0.4) is 0 Å². The van der Waals surface area contributed by atoms with Gasteiger partial charge in [-0.25, -0.2) is 0 Å². The van der Waals surface area contributed by atoms with Gasteiger partial charge in [0.1, 0.15) is 0 Å². The normalized spacial score (nSPS) is 39.7. The summed E-state index contributed by atoms with van der Waals surface area (Å²) in [7, 11) is 0. The molecule has 3 heteroatoms. The van der Waals surface area contributed by atoms with Gasteiger partial charge in [0.05, 0.1) is 6.10 Å². The number of rotatable bonds is 4. The molecule has 2 aliphatic rings. The van der Waals surface area contributed by atoms with Crippen molar-refractivity contribution in [2.75, 3.05) is 26.2 Å². The zero-order valence-corrected chi connectivity index (χ0v) is 11.0. The molecule has 2 rings (SSSR count). The van der Waals surface area contributed by atoms with E-state index in [1.54, 1.807) is 0 Å². The summed E-state index contributed by atoms with van der Waals surface area (Å²) in [6, 6.07) is 0. The van der Waals surface area contributed by atoms with Crippen LogP contribution >= 0.6 is 0 Å². The molecule has 17 heavy (non-hydrogen) atoms. The van der Waals surface area contributed by atoms with E-state index in [2.05, 4.69) is 11.8 Å². The summed E-state index contributed by atoms with van der Waals surface area (Å²) < 4.78 is 0. The van der Waals surface area contributed by atoms with E-state index in [9.17, 15) is 5.11 Å². The van der Waals surface area contributed by atoms with Gasteiger partial charge in [-0.3, -0.25) is 0 Å². The van der Waals surface area contributed by atoms with Crippen molar-refractivity contribution in [1.82, 2.24) is 4.90 Å². The summed E-state index contributed by atoms with van der Waals surface area (Å²) in [4.78, 5) is 2.49. The monoisotopic (exact) mass is 241 g/mol. The van der Waals surface area contributed by atoms with Crippen molar-refractivity contribution in [3.05, 3.63) is 0 Å². The highest BCUT2D eigenvalue weighted by Gasteiger charge is 2.31. The summed E-state index contributed by atoms with van der Waals surface area (Å²) in [6.07, 6.45) is 5.44. The van der Waals surface area contributed by atoms with Gasteiger partial charge < -0.3 is 15.1 Å². The molecule has 1 aliphatic carbocycles. The number of hydrogen-bond acceptors (Lipinski definition) is 3. The second-order valence-corrected chi connectivity index (χ2v) is 6.17. The highest BCUT2D eigenvalue weighted by atomic mass is 16.3. The van der Waals surface area contributed by atoms with Crippen molar-refractivity contribution in [3.63, 3.8) is 0 Å². The van der Waals surface area contributed by atoms with Crippen LogP contribution in [0.2, 0.25) is 0 Å². The molecule has 2 fully saturated rings. The molecule has 0 aromatic heterocycles. The third-order valence-electron chi connectivity index (χ3n) is 4.60. The van der Waals surface area contributed by atoms with Gasteiger partial charge in [-0.15, -0.1) is 0 Å². The van der Waals surface area contributed by atoms with Crippen LogP contribution in [0, 0.1) is 17.8 Å². The fourth-order valence-corrected chi connectivity index (χ4v) is 3.51. The van der Waals surface area contributed by atoms with E-state index in [0.717, 1.165) is 38.4 Å². The first-order valence-corrected chi connectivity index (χ1v) is 7.20. The summed E-state index contributed by atoms with van der Waals surface area (Å²) >= 11 is 0. The third kappa shape index (κ3) is 3.67. The SMILES string of the molecule is CC1CCC(O)C(CN2CCC(CCO)C2)C1. The minimum Gasteiger partial charge on any atom is -0.396 e.